The first-order valence-electron chi connectivity index (χ1n) is 4.75. The van der Waals surface area contributed by atoms with E-state index in [0.29, 0.717) is 6.54 Å². The Balaban J connectivity index is 3.12. The van der Waals surface area contributed by atoms with Crippen molar-refractivity contribution >= 4 is 6.29 Å². The zero-order valence-electron chi connectivity index (χ0n) is 9.08. The lowest BCUT2D eigenvalue weighted by atomic mass is 9.89. The molecule has 0 unspecified atom stereocenters. The van der Waals surface area contributed by atoms with E-state index in [1.54, 1.807) is 6.08 Å². The van der Waals surface area contributed by atoms with Gasteiger partial charge in [0.2, 0.25) is 0 Å². The SMILES string of the molecule is C=CCn1cc(C(C)(C)C)cc1C=O. The Morgan fingerprint density at radius 2 is 2.14 bits per heavy atom. The van der Waals surface area contributed by atoms with Crippen molar-refractivity contribution in [2.45, 2.75) is 32.7 Å². The van der Waals surface area contributed by atoms with Crippen LogP contribution in [0.5, 0.6) is 0 Å². The summed E-state index contributed by atoms with van der Waals surface area (Å²) >= 11 is 0. The molecule has 0 aliphatic rings. The van der Waals surface area contributed by atoms with Crippen LogP contribution in [-0.4, -0.2) is 10.9 Å². The zero-order chi connectivity index (χ0) is 10.8. The summed E-state index contributed by atoms with van der Waals surface area (Å²) < 4.78 is 1.92. The van der Waals surface area contributed by atoms with Gasteiger partial charge in [0.25, 0.3) is 0 Å². The minimum atomic E-state index is 0.0875. The zero-order valence-corrected chi connectivity index (χ0v) is 9.08. The van der Waals surface area contributed by atoms with E-state index in [1.807, 2.05) is 16.8 Å². The molecule has 1 rings (SSSR count). The molecule has 0 aromatic carbocycles. The molecule has 14 heavy (non-hydrogen) atoms. The third kappa shape index (κ3) is 2.13. The first kappa shape index (κ1) is 10.8. The molecule has 0 aliphatic carbocycles. The molecule has 0 radical (unpaired) electrons. The second-order valence-electron chi connectivity index (χ2n) is 4.46. The highest BCUT2D eigenvalue weighted by atomic mass is 16.1. The fraction of sp³-hybridized carbons (Fsp3) is 0.417. The summed E-state index contributed by atoms with van der Waals surface area (Å²) in [6, 6.07) is 1.94. The number of aldehydes is 1. The highest BCUT2D eigenvalue weighted by Crippen LogP contribution is 2.23. The Labute approximate surface area is 85.2 Å². The molecular formula is C12H17NO. The number of carbonyl (C=O) groups excluding carboxylic acids is 1. The maximum atomic E-state index is 10.8. The van der Waals surface area contributed by atoms with Crippen LogP contribution < -0.4 is 0 Å². The van der Waals surface area contributed by atoms with Crippen molar-refractivity contribution in [2.24, 2.45) is 0 Å². The first-order chi connectivity index (χ1) is 6.49. The number of rotatable bonds is 3. The Morgan fingerprint density at radius 1 is 1.50 bits per heavy atom. The van der Waals surface area contributed by atoms with Gasteiger partial charge in [-0.15, -0.1) is 6.58 Å². The lowest BCUT2D eigenvalue weighted by Crippen LogP contribution is -2.09. The van der Waals surface area contributed by atoms with Gasteiger partial charge in [-0.3, -0.25) is 4.79 Å². The summed E-state index contributed by atoms with van der Waals surface area (Å²) in [7, 11) is 0. The van der Waals surface area contributed by atoms with Crippen molar-refractivity contribution in [1.29, 1.82) is 0 Å². The van der Waals surface area contributed by atoms with Crippen LogP contribution in [0.3, 0.4) is 0 Å². The minimum absolute atomic E-state index is 0.0875. The molecule has 1 heterocycles. The third-order valence-corrected chi connectivity index (χ3v) is 2.24. The molecule has 0 spiro atoms. The highest BCUT2D eigenvalue weighted by molar-refractivity contribution is 5.73. The van der Waals surface area contributed by atoms with E-state index in [-0.39, 0.29) is 5.41 Å². The number of hydrogen-bond donors (Lipinski definition) is 0. The van der Waals surface area contributed by atoms with Crippen molar-refractivity contribution in [3.8, 4) is 0 Å². The summed E-state index contributed by atoms with van der Waals surface area (Å²) in [5, 5.41) is 0. The molecule has 0 atom stereocenters. The van der Waals surface area contributed by atoms with E-state index < -0.39 is 0 Å². The Bertz CT molecular complexity index is 342. The van der Waals surface area contributed by atoms with Gasteiger partial charge in [-0.25, -0.2) is 0 Å². The number of carbonyl (C=O) groups is 1. The first-order valence-corrected chi connectivity index (χ1v) is 4.75. The molecule has 0 saturated heterocycles. The van der Waals surface area contributed by atoms with Gasteiger partial charge in [-0.1, -0.05) is 26.8 Å². The van der Waals surface area contributed by atoms with Gasteiger partial charge in [0.05, 0.1) is 5.69 Å². The van der Waals surface area contributed by atoms with Gasteiger partial charge < -0.3 is 4.57 Å². The largest absolute Gasteiger partial charge is 0.341 e. The van der Waals surface area contributed by atoms with Crippen LogP contribution in [0.25, 0.3) is 0 Å². The van der Waals surface area contributed by atoms with Crippen LogP contribution in [0.15, 0.2) is 24.9 Å². The fourth-order valence-corrected chi connectivity index (χ4v) is 1.33. The predicted molar refractivity (Wildman–Crippen MR) is 58.7 cm³/mol. The molecule has 1 aromatic rings. The molecule has 0 saturated carbocycles. The number of allylic oxidation sites excluding steroid dienone is 1. The summed E-state index contributed by atoms with van der Waals surface area (Å²) in [5.74, 6) is 0. The number of nitrogens with zero attached hydrogens (tertiary/aromatic N) is 1. The predicted octanol–water partition coefficient (Wildman–Crippen LogP) is 2.78. The quantitative estimate of drug-likeness (QED) is 0.532. The second-order valence-corrected chi connectivity index (χ2v) is 4.46. The van der Waals surface area contributed by atoms with E-state index in [0.717, 1.165) is 12.0 Å². The molecule has 0 aliphatic heterocycles. The Morgan fingerprint density at radius 3 is 2.57 bits per heavy atom. The second kappa shape index (κ2) is 3.82. The maximum absolute atomic E-state index is 10.8. The van der Waals surface area contributed by atoms with E-state index in [1.165, 1.54) is 5.56 Å². The van der Waals surface area contributed by atoms with E-state index in [4.69, 9.17) is 0 Å². The normalized spacial score (nSPS) is 11.4. The Kier molecular flexibility index (Phi) is 2.94. The lowest BCUT2D eigenvalue weighted by molar-refractivity contribution is 0.111. The highest BCUT2D eigenvalue weighted by Gasteiger charge is 2.16. The average Bonchev–Trinajstić information content (AvgIpc) is 2.47. The average molecular weight is 191 g/mol. The topological polar surface area (TPSA) is 22.0 Å². The van der Waals surface area contributed by atoms with Gasteiger partial charge in [-0.2, -0.15) is 0 Å². The molecule has 76 valence electrons. The molecular weight excluding hydrogens is 174 g/mol. The van der Waals surface area contributed by atoms with Gasteiger partial charge in [-0.05, 0) is 17.0 Å². The van der Waals surface area contributed by atoms with Crippen molar-refractivity contribution in [3.63, 3.8) is 0 Å². The standard InChI is InChI=1S/C12H17NO/c1-5-6-13-8-10(12(2,3)4)7-11(13)9-14/h5,7-9H,1,6H2,2-4H3. The molecule has 2 heteroatoms. The summed E-state index contributed by atoms with van der Waals surface area (Å²) in [6.45, 7) is 10.8. The fourth-order valence-electron chi connectivity index (χ4n) is 1.33. The van der Waals surface area contributed by atoms with Gasteiger partial charge >= 0.3 is 0 Å². The molecule has 0 N–H and O–H groups in total. The van der Waals surface area contributed by atoms with Crippen LogP contribution in [0.2, 0.25) is 0 Å². The maximum Gasteiger partial charge on any atom is 0.166 e. The van der Waals surface area contributed by atoms with E-state index in [9.17, 15) is 4.79 Å². The van der Waals surface area contributed by atoms with Crippen LogP contribution in [0.1, 0.15) is 36.8 Å². The molecule has 1 aromatic heterocycles. The van der Waals surface area contributed by atoms with Gasteiger partial charge in [0.1, 0.15) is 0 Å². The number of hydrogen-bond acceptors (Lipinski definition) is 1. The monoisotopic (exact) mass is 191 g/mol. The van der Waals surface area contributed by atoms with E-state index in [2.05, 4.69) is 27.4 Å². The molecule has 2 nitrogen and oxygen atoms in total. The van der Waals surface area contributed by atoms with Crippen LogP contribution in [0.4, 0.5) is 0 Å². The Hall–Kier alpha value is -1.31. The molecule has 0 fully saturated rings. The van der Waals surface area contributed by atoms with Crippen LogP contribution >= 0.6 is 0 Å². The van der Waals surface area contributed by atoms with Gasteiger partial charge in [0.15, 0.2) is 6.29 Å². The third-order valence-electron chi connectivity index (χ3n) is 2.24. The lowest BCUT2D eigenvalue weighted by Gasteiger charge is -2.15. The van der Waals surface area contributed by atoms with Crippen molar-refractivity contribution in [1.82, 2.24) is 4.57 Å². The summed E-state index contributed by atoms with van der Waals surface area (Å²) in [6.07, 6.45) is 4.70. The summed E-state index contributed by atoms with van der Waals surface area (Å²) in [4.78, 5) is 10.8. The van der Waals surface area contributed by atoms with E-state index >= 15 is 0 Å². The van der Waals surface area contributed by atoms with Crippen molar-refractivity contribution < 1.29 is 4.79 Å². The van der Waals surface area contributed by atoms with Crippen LogP contribution in [-0.2, 0) is 12.0 Å². The van der Waals surface area contributed by atoms with Crippen molar-refractivity contribution in [3.05, 3.63) is 36.2 Å². The van der Waals surface area contributed by atoms with Gasteiger partial charge in [0, 0.05) is 12.7 Å². The minimum Gasteiger partial charge on any atom is -0.341 e. The molecule has 0 bridgehead atoms. The summed E-state index contributed by atoms with van der Waals surface area (Å²) in [5.41, 5.74) is 1.99. The van der Waals surface area contributed by atoms with Crippen molar-refractivity contribution in [2.75, 3.05) is 0 Å². The molecule has 0 amide bonds. The smallest absolute Gasteiger partial charge is 0.166 e. The van der Waals surface area contributed by atoms with Crippen LogP contribution in [0, 0.1) is 0 Å². The number of aromatic nitrogens is 1.